The first-order valence-electron chi connectivity index (χ1n) is 5.16. The van der Waals surface area contributed by atoms with Crippen molar-refractivity contribution in [3.63, 3.8) is 0 Å². The molecule has 1 aromatic rings. The molecule has 90 valence electrons. The second-order valence-corrected chi connectivity index (χ2v) is 4.81. The van der Waals surface area contributed by atoms with Crippen LogP contribution in [-0.4, -0.2) is 35.1 Å². The molecule has 3 nitrogen and oxygen atoms in total. The zero-order valence-electron chi connectivity index (χ0n) is 8.94. The number of hydrogen-bond donors (Lipinski definition) is 1. The van der Waals surface area contributed by atoms with Gasteiger partial charge < -0.3 is 10.0 Å². The van der Waals surface area contributed by atoms with Crippen LogP contribution in [0.15, 0.2) is 28.7 Å². The molecule has 1 heterocycles. The van der Waals surface area contributed by atoms with E-state index in [2.05, 4.69) is 15.9 Å². The van der Waals surface area contributed by atoms with E-state index in [4.69, 9.17) is 5.11 Å². The minimum absolute atomic E-state index is 0.213. The third kappa shape index (κ3) is 2.92. The molecular weight excluding hydrogens is 289 g/mol. The van der Waals surface area contributed by atoms with Gasteiger partial charge in [-0.2, -0.15) is 0 Å². The minimum atomic E-state index is -0.421. The van der Waals surface area contributed by atoms with Gasteiger partial charge >= 0.3 is 0 Å². The monoisotopic (exact) mass is 299 g/mol. The van der Waals surface area contributed by atoms with Gasteiger partial charge in [-0.1, -0.05) is 15.9 Å². The summed E-state index contributed by atoms with van der Waals surface area (Å²) in [5.74, 6) is -0.587. The van der Waals surface area contributed by atoms with Gasteiger partial charge in [0, 0.05) is 29.2 Å². The smallest absolute Gasteiger partial charge is 0.246 e. The van der Waals surface area contributed by atoms with E-state index in [0.717, 1.165) is 4.47 Å². The van der Waals surface area contributed by atoms with Crippen molar-refractivity contribution in [3.05, 3.63) is 40.1 Å². The van der Waals surface area contributed by atoms with Gasteiger partial charge in [0.25, 0.3) is 0 Å². The van der Waals surface area contributed by atoms with Gasteiger partial charge in [-0.05, 0) is 24.3 Å². The van der Waals surface area contributed by atoms with Crippen LogP contribution in [0.4, 0.5) is 4.39 Å². The summed E-state index contributed by atoms with van der Waals surface area (Å²) in [7, 11) is 0. The second-order valence-electron chi connectivity index (χ2n) is 3.90. The van der Waals surface area contributed by atoms with Crippen LogP contribution in [0.3, 0.4) is 0 Å². The van der Waals surface area contributed by atoms with Crippen LogP contribution in [0.2, 0.25) is 0 Å². The molecule has 0 aliphatic carbocycles. The number of halogens is 2. The van der Waals surface area contributed by atoms with E-state index < -0.39 is 6.10 Å². The van der Waals surface area contributed by atoms with E-state index in [-0.39, 0.29) is 11.7 Å². The topological polar surface area (TPSA) is 40.5 Å². The van der Waals surface area contributed by atoms with Crippen molar-refractivity contribution in [2.45, 2.75) is 6.10 Å². The van der Waals surface area contributed by atoms with Gasteiger partial charge in [0.15, 0.2) is 0 Å². The third-order valence-corrected chi connectivity index (χ3v) is 3.03. The first-order chi connectivity index (χ1) is 8.06. The number of carbonyl (C=O) groups is 1. The van der Waals surface area contributed by atoms with Crippen molar-refractivity contribution in [1.29, 1.82) is 0 Å². The SMILES string of the molecule is O=C(/C=C/c1cc(Br)ccc1F)N1CC(O)C1. The van der Waals surface area contributed by atoms with Crippen LogP contribution >= 0.6 is 15.9 Å². The standard InChI is InChI=1S/C12H11BrFNO2/c13-9-2-3-11(14)8(5-9)1-4-12(17)15-6-10(16)7-15/h1-5,10,16H,6-7H2/b4-1+. The third-order valence-electron chi connectivity index (χ3n) is 2.54. The van der Waals surface area contributed by atoms with Gasteiger partial charge in [0.05, 0.1) is 6.10 Å². The summed E-state index contributed by atoms with van der Waals surface area (Å²) in [6, 6.07) is 4.53. The highest BCUT2D eigenvalue weighted by atomic mass is 79.9. The predicted molar refractivity (Wildman–Crippen MR) is 65.7 cm³/mol. The number of carbonyl (C=O) groups excluding carboxylic acids is 1. The average Bonchev–Trinajstić information content (AvgIpc) is 2.26. The molecule has 0 saturated carbocycles. The lowest BCUT2D eigenvalue weighted by atomic mass is 10.1. The van der Waals surface area contributed by atoms with E-state index in [1.54, 1.807) is 12.1 Å². The molecule has 0 radical (unpaired) electrons. The van der Waals surface area contributed by atoms with Crippen LogP contribution < -0.4 is 0 Å². The summed E-state index contributed by atoms with van der Waals surface area (Å²) in [4.78, 5) is 13.0. The Bertz CT molecular complexity index is 470. The van der Waals surface area contributed by atoms with E-state index in [1.165, 1.54) is 23.1 Å². The highest BCUT2D eigenvalue weighted by Crippen LogP contribution is 2.17. The Morgan fingerprint density at radius 1 is 1.53 bits per heavy atom. The molecule has 1 amide bonds. The predicted octanol–water partition coefficient (Wildman–Crippen LogP) is 1.80. The van der Waals surface area contributed by atoms with E-state index >= 15 is 0 Å². The molecule has 0 bridgehead atoms. The maximum absolute atomic E-state index is 13.3. The molecule has 2 rings (SSSR count). The van der Waals surface area contributed by atoms with Crippen LogP contribution in [0, 0.1) is 5.82 Å². The van der Waals surface area contributed by atoms with E-state index in [9.17, 15) is 9.18 Å². The molecule has 5 heteroatoms. The Balaban J connectivity index is 2.04. The fourth-order valence-electron chi connectivity index (χ4n) is 1.54. The lowest BCUT2D eigenvalue weighted by Gasteiger charge is -2.34. The summed E-state index contributed by atoms with van der Waals surface area (Å²) in [6.07, 6.45) is 2.33. The molecule has 0 unspecified atom stereocenters. The number of benzene rings is 1. The second kappa shape index (κ2) is 4.98. The van der Waals surface area contributed by atoms with Gasteiger partial charge in [-0.25, -0.2) is 4.39 Å². The summed E-state index contributed by atoms with van der Waals surface area (Å²) in [5.41, 5.74) is 0.355. The van der Waals surface area contributed by atoms with Crippen LogP contribution in [0.25, 0.3) is 6.08 Å². The minimum Gasteiger partial charge on any atom is -0.389 e. The number of hydrogen-bond acceptors (Lipinski definition) is 2. The van der Waals surface area contributed by atoms with Gasteiger partial charge in [0.1, 0.15) is 5.82 Å². The fraction of sp³-hybridized carbons (Fsp3) is 0.250. The number of β-amino-alcohol motifs (C(OH)–C–C–N with tert-alkyl or cyclic N) is 1. The van der Waals surface area contributed by atoms with Crippen LogP contribution in [-0.2, 0) is 4.79 Å². The van der Waals surface area contributed by atoms with Crippen molar-refractivity contribution >= 4 is 27.9 Å². The Kier molecular flexibility index (Phi) is 3.59. The van der Waals surface area contributed by atoms with Crippen LogP contribution in [0.1, 0.15) is 5.56 Å². The lowest BCUT2D eigenvalue weighted by molar-refractivity contribution is -0.135. The molecule has 0 aromatic heterocycles. The summed E-state index contributed by atoms with van der Waals surface area (Å²) < 4.78 is 14.1. The zero-order chi connectivity index (χ0) is 12.4. The number of rotatable bonds is 2. The van der Waals surface area contributed by atoms with E-state index in [0.29, 0.717) is 18.7 Å². The number of aliphatic hydroxyl groups is 1. The molecule has 1 N–H and O–H groups in total. The maximum atomic E-state index is 13.3. The summed E-state index contributed by atoms with van der Waals surface area (Å²) >= 11 is 3.24. The first kappa shape index (κ1) is 12.3. The normalized spacial score (nSPS) is 16.3. The lowest BCUT2D eigenvalue weighted by Crippen LogP contribution is -2.52. The van der Waals surface area contributed by atoms with Crippen molar-refractivity contribution in [3.8, 4) is 0 Å². The Morgan fingerprint density at radius 2 is 2.24 bits per heavy atom. The highest BCUT2D eigenvalue weighted by molar-refractivity contribution is 9.10. The number of likely N-dealkylation sites (tertiary alicyclic amines) is 1. The average molecular weight is 300 g/mol. The zero-order valence-corrected chi connectivity index (χ0v) is 10.5. The van der Waals surface area contributed by atoms with Gasteiger partial charge in [-0.3, -0.25) is 4.79 Å². The molecule has 0 atom stereocenters. The van der Waals surface area contributed by atoms with Crippen molar-refractivity contribution in [2.75, 3.05) is 13.1 Å². The van der Waals surface area contributed by atoms with Gasteiger partial charge in [0.2, 0.25) is 5.91 Å². The Hall–Kier alpha value is -1.20. The number of aliphatic hydroxyl groups excluding tert-OH is 1. The summed E-state index contributed by atoms with van der Waals surface area (Å²) in [6.45, 7) is 0.703. The van der Waals surface area contributed by atoms with Crippen LogP contribution in [0.5, 0.6) is 0 Å². The van der Waals surface area contributed by atoms with Crippen molar-refractivity contribution in [1.82, 2.24) is 4.90 Å². The molecule has 1 fully saturated rings. The maximum Gasteiger partial charge on any atom is 0.246 e. The largest absolute Gasteiger partial charge is 0.389 e. The molecule has 1 saturated heterocycles. The molecule has 1 aliphatic rings. The van der Waals surface area contributed by atoms with Crippen molar-refractivity contribution < 1.29 is 14.3 Å². The molecule has 17 heavy (non-hydrogen) atoms. The highest BCUT2D eigenvalue weighted by Gasteiger charge is 2.27. The fourth-order valence-corrected chi connectivity index (χ4v) is 1.92. The Morgan fingerprint density at radius 3 is 2.88 bits per heavy atom. The molecule has 0 spiro atoms. The Labute approximate surface area is 107 Å². The quantitative estimate of drug-likeness (QED) is 0.846. The summed E-state index contributed by atoms with van der Waals surface area (Å²) in [5, 5.41) is 9.05. The number of nitrogens with zero attached hydrogens (tertiary/aromatic N) is 1. The molecule has 1 aromatic carbocycles. The van der Waals surface area contributed by atoms with E-state index in [1.807, 2.05) is 0 Å². The number of amides is 1. The first-order valence-corrected chi connectivity index (χ1v) is 5.95. The van der Waals surface area contributed by atoms with Gasteiger partial charge in [-0.15, -0.1) is 0 Å². The molecular formula is C12H11BrFNO2. The van der Waals surface area contributed by atoms with Crippen molar-refractivity contribution in [2.24, 2.45) is 0 Å². The molecule has 1 aliphatic heterocycles.